The number of ether oxygens (including phenoxy) is 2. The molecule has 1 N–H and O–H groups in total. The predicted molar refractivity (Wildman–Crippen MR) is 153 cm³/mol. The molecule has 0 aliphatic rings. The van der Waals surface area contributed by atoms with Gasteiger partial charge in [0.05, 0.1) is 24.1 Å². The molecule has 0 amide bonds. The minimum absolute atomic E-state index is 0.0244. The monoisotopic (exact) mass is 552 g/mol. The molecule has 2 unspecified atom stereocenters. The van der Waals surface area contributed by atoms with Gasteiger partial charge in [-0.25, -0.2) is 9.97 Å². The molecule has 0 spiro atoms. The minimum atomic E-state index is -4.50. The topological polar surface area (TPSA) is 60.7 Å². The lowest BCUT2D eigenvalue weighted by atomic mass is 10.0. The average molecular weight is 553 g/mol. The van der Waals surface area contributed by atoms with E-state index in [1.807, 2.05) is 32.1 Å². The van der Waals surface area contributed by atoms with Crippen molar-refractivity contribution < 1.29 is 22.6 Å². The fourth-order valence-corrected chi connectivity index (χ4v) is 3.50. The number of rotatable bonds is 11. The van der Waals surface area contributed by atoms with Crippen LogP contribution in [0.3, 0.4) is 0 Å². The zero-order valence-electron chi connectivity index (χ0n) is 25.1. The van der Waals surface area contributed by atoms with Gasteiger partial charge in [-0.3, -0.25) is 0 Å². The third-order valence-corrected chi connectivity index (χ3v) is 6.40. The van der Waals surface area contributed by atoms with Gasteiger partial charge in [0.25, 0.3) is 5.88 Å². The van der Waals surface area contributed by atoms with Crippen LogP contribution in [0.5, 0.6) is 17.4 Å². The number of hydrogen-bond acceptors (Lipinski definition) is 5. The smallest absolute Gasteiger partial charge is 0.418 e. The number of aromatic nitrogens is 3. The Morgan fingerprint density at radius 3 is 2.33 bits per heavy atom. The SMILES string of the molecule is CC.CCC(C)CCCNC(C)CC.CCOc1cc(C(F)(F)F)cnc1Oc1ccc2nc(C)c(C)n2c1. The average Bonchev–Trinajstić information content (AvgIpc) is 3.21. The van der Waals surface area contributed by atoms with Crippen LogP contribution in [-0.4, -0.2) is 33.6 Å². The Morgan fingerprint density at radius 2 is 1.74 bits per heavy atom. The molecule has 0 bridgehead atoms. The van der Waals surface area contributed by atoms with E-state index in [0.717, 1.165) is 35.2 Å². The second-order valence-electron chi connectivity index (χ2n) is 9.35. The van der Waals surface area contributed by atoms with E-state index >= 15 is 0 Å². The molecule has 0 fully saturated rings. The molecule has 9 heteroatoms. The first-order chi connectivity index (χ1) is 18.5. The van der Waals surface area contributed by atoms with Gasteiger partial charge in [-0.05, 0) is 77.6 Å². The quantitative estimate of drug-likeness (QED) is 0.241. The number of aryl methyl sites for hydroxylation is 2. The summed E-state index contributed by atoms with van der Waals surface area (Å²) in [5.41, 5.74) is 1.71. The molecule has 3 aromatic heterocycles. The lowest BCUT2D eigenvalue weighted by molar-refractivity contribution is -0.138. The molecular formula is C30H47F3N4O2. The van der Waals surface area contributed by atoms with E-state index in [4.69, 9.17) is 9.47 Å². The van der Waals surface area contributed by atoms with Crippen molar-refractivity contribution in [2.75, 3.05) is 13.2 Å². The first-order valence-corrected chi connectivity index (χ1v) is 14.1. The zero-order chi connectivity index (χ0) is 29.6. The third kappa shape index (κ3) is 11.1. The molecule has 3 aromatic rings. The van der Waals surface area contributed by atoms with Gasteiger partial charge in [-0.2, -0.15) is 13.2 Å². The summed E-state index contributed by atoms with van der Waals surface area (Å²) in [4.78, 5) is 8.16. The predicted octanol–water partition coefficient (Wildman–Crippen LogP) is 8.78. The number of alkyl halides is 3. The van der Waals surface area contributed by atoms with E-state index in [2.05, 4.69) is 43.0 Å². The van der Waals surface area contributed by atoms with Crippen molar-refractivity contribution in [1.82, 2.24) is 19.7 Å². The molecule has 220 valence electrons. The molecule has 0 aliphatic carbocycles. The minimum Gasteiger partial charge on any atom is -0.488 e. The Balaban J connectivity index is 0.000000461. The van der Waals surface area contributed by atoms with E-state index in [9.17, 15) is 13.2 Å². The lowest BCUT2D eigenvalue weighted by Crippen LogP contribution is -2.26. The van der Waals surface area contributed by atoms with Gasteiger partial charge in [0.2, 0.25) is 0 Å². The molecule has 6 nitrogen and oxygen atoms in total. The fraction of sp³-hybridized carbons (Fsp3) is 0.600. The van der Waals surface area contributed by atoms with Gasteiger partial charge >= 0.3 is 6.18 Å². The van der Waals surface area contributed by atoms with Crippen LogP contribution in [0.15, 0.2) is 30.6 Å². The highest BCUT2D eigenvalue weighted by Gasteiger charge is 2.32. The number of nitrogens with one attached hydrogen (secondary N) is 1. The van der Waals surface area contributed by atoms with Gasteiger partial charge in [-0.1, -0.05) is 41.0 Å². The van der Waals surface area contributed by atoms with Gasteiger partial charge in [0, 0.05) is 17.9 Å². The number of pyridine rings is 2. The van der Waals surface area contributed by atoms with E-state index in [0.29, 0.717) is 11.8 Å². The van der Waals surface area contributed by atoms with Crippen molar-refractivity contribution in [3.8, 4) is 17.4 Å². The fourth-order valence-electron chi connectivity index (χ4n) is 3.50. The van der Waals surface area contributed by atoms with Crippen molar-refractivity contribution in [2.45, 2.75) is 100 Å². The molecule has 0 aliphatic heterocycles. The number of hydrogen-bond donors (Lipinski definition) is 1. The summed E-state index contributed by atoms with van der Waals surface area (Å²) >= 11 is 0. The second-order valence-corrected chi connectivity index (χ2v) is 9.35. The number of halogens is 3. The van der Waals surface area contributed by atoms with E-state index < -0.39 is 11.7 Å². The van der Waals surface area contributed by atoms with Crippen LogP contribution < -0.4 is 14.8 Å². The van der Waals surface area contributed by atoms with Crippen molar-refractivity contribution in [1.29, 1.82) is 0 Å². The van der Waals surface area contributed by atoms with Crippen molar-refractivity contribution >= 4 is 5.65 Å². The molecule has 3 heterocycles. The Morgan fingerprint density at radius 1 is 1.05 bits per heavy atom. The number of imidazole rings is 1. The first kappa shape index (κ1) is 34.2. The Bertz CT molecular complexity index is 1100. The molecule has 39 heavy (non-hydrogen) atoms. The van der Waals surface area contributed by atoms with E-state index in [-0.39, 0.29) is 18.2 Å². The van der Waals surface area contributed by atoms with Crippen molar-refractivity contribution in [3.05, 3.63) is 47.5 Å². The maximum absolute atomic E-state index is 12.8. The van der Waals surface area contributed by atoms with Crippen LogP contribution in [0.2, 0.25) is 0 Å². The maximum Gasteiger partial charge on any atom is 0.418 e. The van der Waals surface area contributed by atoms with Crippen LogP contribution in [0, 0.1) is 19.8 Å². The van der Waals surface area contributed by atoms with Crippen molar-refractivity contribution in [2.24, 2.45) is 5.92 Å². The molecular weight excluding hydrogens is 505 g/mol. The number of fused-ring (bicyclic) bond motifs is 1. The van der Waals surface area contributed by atoms with Gasteiger partial charge < -0.3 is 19.2 Å². The summed E-state index contributed by atoms with van der Waals surface area (Å²) < 4.78 is 51.3. The van der Waals surface area contributed by atoms with E-state index in [1.54, 1.807) is 25.3 Å². The van der Waals surface area contributed by atoms with Crippen LogP contribution in [0.25, 0.3) is 5.65 Å². The zero-order valence-corrected chi connectivity index (χ0v) is 25.1. The van der Waals surface area contributed by atoms with Crippen molar-refractivity contribution in [3.63, 3.8) is 0 Å². The summed E-state index contributed by atoms with van der Waals surface area (Å²) in [5.74, 6) is 1.24. The molecule has 0 aromatic carbocycles. The lowest BCUT2D eigenvalue weighted by Gasteiger charge is -2.13. The summed E-state index contributed by atoms with van der Waals surface area (Å²) in [6, 6.07) is 5.02. The summed E-state index contributed by atoms with van der Waals surface area (Å²) in [7, 11) is 0. The normalized spacial score (nSPS) is 12.6. The van der Waals surface area contributed by atoms with Crippen LogP contribution >= 0.6 is 0 Å². The second kappa shape index (κ2) is 17.0. The Hall–Kier alpha value is -2.81. The van der Waals surface area contributed by atoms with Gasteiger partial charge in [-0.15, -0.1) is 0 Å². The molecule has 0 saturated heterocycles. The first-order valence-electron chi connectivity index (χ1n) is 14.1. The highest BCUT2D eigenvalue weighted by Crippen LogP contribution is 2.36. The molecule has 0 saturated carbocycles. The molecule has 0 radical (unpaired) electrons. The molecule has 2 atom stereocenters. The van der Waals surface area contributed by atoms with Gasteiger partial charge in [0.15, 0.2) is 5.75 Å². The maximum atomic E-state index is 12.8. The highest BCUT2D eigenvalue weighted by atomic mass is 19.4. The standard InChI is InChI=1S/C17H16F3N3O2.C11H25N.C2H6/c1-4-24-14-7-12(17(18,19)20)8-21-16(14)25-13-5-6-15-22-10(2)11(3)23(15)9-13;1-5-10(3)8-7-9-12-11(4)6-2;1-2/h5-9H,4H2,1-3H3;10-12H,5-9H2,1-4H3;1-2H3. The molecule has 3 rings (SSSR count). The highest BCUT2D eigenvalue weighted by molar-refractivity contribution is 5.47. The van der Waals surface area contributed by atoms with Crippen LogP contribution in [0.1, 0.15) is 91.1 Å². The largest absolute Gasteiger partial charge is 0.488 e. The van der Waals surface area contributed by atoms with Crippen LogP contribution in [-0.2, 0) is 6.18 Å². The van der Waals surface area contributed by atoms with E-state index in [1.165, 1.54) is 32.2 Å². The number of nitrogens with zero attached hydrogens (tertiary/aromatic N) is 3. The van der Waals surface area contributed by atoms with Crippen LogP contribution in [0.4, 0.5) is 13.2 Å². The summed E-state index contributed by atoms with van der Waals surface area (Å²) in [5, 5.41) is 3.51. The van der Waals surface area contributed by atoms with Gasteiger partial charge in [0.1, 0.15) is 11.4 Å². The Labute approximate surface area is 232 Å². The third-order valence-electron chi connectivity index (χ3n) is 6.40. The summed E-state index contributed by atoms with van der Waals surface area (Å²) in [6.07, 6.45) is 3.20. The Kier molecular flexibility index (Phi) is 14.9. The summed E-state index contributed by atoms with van der Waals surface area (Å²) in [6.45, 7) is 20.0.